The van der Waals surface area contributed by atoms with Crippen LogP contribution in [-0.4, -0.2) is 50.6 Å². The molecule has 10 heteroatoms. The van der Waals surface area contributed by atoms with Crippen LogP contribution < -0.4 is 10.9 Å². The van der Waals surface area contributed by atoms with E-state index in [4.69, 9.17) is 21.1 Å². The van der Waals surface area contributed by atoms with Crippen LogP contribution in [0.4, 0.5) is 5.95 Å². The van der Waals surface area contributed by atoms with Gasteiger partial charge in [-0.2, -0.15) is 4.98 Å². The lowest BCUT2D eigenvalue weighted by molar-refractivity contribution is -0.184. The predicted molar refractivity (Wildman–Crippen MR) is 134 cm³/mol. The number of hydrogen-bond acceptors (Lipinski definition) is 8. The molecule has 0 atom stereocenters. The molecule has 0 unspecified atom stereocenters. The molecule has 0 saturated carbocycles. The number of aryl methyl sites for hydroxylation is 1. The van der Waals surface area contributed by atoms with Gasteiger partial charge in [-0.25, -0.2) is 9.97 Å². The molecule has 1 fully saturated rings. The van der Waals surface area contributed by atoms with Crippen molar-refractivity contribution < 1.29 is 9.47 Å². The molecule has 35 heavy (non-hydrogen) atoms. The molecule has 0 amide bonds. The zero-order valence-corrected chi connectivity index (χ0v) is 20.2. The summed E-state index contributed by atoms with van der Waals surface area (Å²) in [5, 5.41) is 4.24. The molecule has 1 aliphatic rings. The lowest BCUT2D eigenvalue weighted by atomic mass is 10.0. The summed E-state index contributed by atoms with van der Waals surface area (Å²) >= 11 is 6.70. The van der Waals surface area contributed by atoms with E-state index in [9.17, 15) is 4.79 Å². The summed E-state index contributed by atoms with van der Waals surface area (Å²) in [5.41, 5.74) is 3.66. The Kier molecular flexibility index (Phi) is 6.72. The van der Waals surface area contributed by atoms with Crippen LogP contribution in [0.2, 0.25) is 5.02 Å². The van der Waals surface area contributed by atoms with Gasteiger partial charge in [0.25, 0.3) is 5.56 Å². The minimum Gasteiger partial charge on any atom is -0.354 e. The van der Waals surface area contributed by atoms with E-state index in [2.05, 4.69) is 25.3 Å². The first-order valence-corrected chi connectivity index (χ1v) is 11.9. The smallest absolute Gasteiger partial charge is 0.260 e. The second-order valence-corrected chi connectivity index (χ2v) is 8.65. The average molecular weight is 493 g/mol. The zero-order chi connectivity index (χ0) is 24.4. The van der Waals surface area contributed by atoms with Gasteiger partial charge in [0, 0.05) is 46.0 Å². The Morgan fingerprint density at radius 3 is 2.69 bits per heavy atom. The van der Waals surface area contributed by atoms with E-state index >= 15 is 0 Å². The number of nitrogens with one attached hydrogen (secondary N) is 1. The number of aromatic nitrogens is 5. The van der Waals surface area contributed by atoms with E-state index in [1.807, 2.05) is 26.0 Å². The Bertz CT molecular complexity index is 1430. The van der Waals surface area contributed by atoms with Crippen molar-refractivity contribution >= 4 is 28.6 Å². The second kappa shape index (κ2) is 10.1. The maximum absolute atomic E-state index is 13.8. The Morgan fingerprint density at radius 2 is 1.94 bits per heavy atom. The maximum atomic E-state index is 13.8. The van der Waals surface area contributed by atoms with Crippen molar-refractivity contribution in [1.82, 2.24) is 24.5 Å². The molecule has 9 nitrogen and oxygen atoms in total. The molecule has 1 saturated heterocycles. The molecule has 3 aromatic heterocycles. The molecule has 0 aliphatic carbocycles. The number of hydrogen-bond donors (Lipinski definition) is 1. The van der Waals surface area contributed by atoms with E-state index < -0.39 is 6.29 Å². The normalized spacial score (nSPS) is 14.4. The molecular formula is C25H25ClN6O3. The maximum Gasteiger partial charge on any atom is 0.260 e. The lowest BCUT2D eigenvalue weighted by Gasteiger charge is -2.24. The van der Waals surface area contributed by atoms with E-state index in [1.165, 1.54) is 0 Å². The van der Waals surface area contributed by atoms with Crippen molar-refractivity contribution in [2.45, 2.75) is 33.1 Å². The number of ether oxygens (including phenoxy) is 2. The molecule has 4 aromatic rings. The number of pyridine rings is 1. The molecule has 0 bridgehead atoms. The van der Waals surface area contributed by atoms with Crippen LogP contribution in [0.1, 0.15) is 19.0 Å². The fourth-order valence-corrected chi connectivity index (χ4v) is 4.33. The second-order valence-electron chi connectivity index (χ2n) is 8.24. The van der Waals surface area contributed by atoms with Crippen molar-refractivity contribution in [3.8, 4) is 22.4 Å². The SMILES string of the molecule is CCNc1ncc2cc(-c3ccc(-c4cncc(C)n4)cc3Cl)c(=O)n(CC3OCCCO3)c2n1. The van der Waals surface area contributed by atoms with Gasteiger partial charge in [0.15, 0.2) is 6.29 Å². The molecule has 4 heterocycles. The van der Waals surface area contributed by atoms with E-state index in [1.54, 1.807) is 35.3 Å². The fraction of sp³-hybridized carbons (Fsp3) is 0.320. The summed E-state index contributed by atoms with van der Waals surface area (Å²) < 4.78 is 13.0. The highest BCUT2D eigenvalue weighted by atomic mass is 35.5. The highest BCUT2D eigenvalue weighted by Gasteiger charge is 2.21. The van der Waals surface area contributed by atoms with Crippen LogP contribution in [0.25, 0.3) is 33.4 Å². The summed E-state index contributed by atoms with van der Waals surface area (Å²) in [6, 6.07) is 7.29. The van der Waals surface area contributed by atoms with Gasteiger partial charge in [-0.15, -0.1) is 0 Å². The number of anilines is 1. The number of halogens is 1. The lowest BCUT2D eigenvalue weighted by Crippen LogP contribution is -2.34. The first-order chi connectivity index (χ1) is 17.0. The molecule has 1 N–H and O–H groups in total. The van der Waals surface area contributed by atoms with E-state index in [0.717, 1.165) is 17.7 Å². The van der Waals surface area contributed by atoms with Gasteiger partial charge < -0.3 is 14.8 Å². The van der Waals surface area contributed by atoms with Gasteiger partial charge >= 0.3 is 0 Å². The monoisotopic (exact) mass is 492 g/mol. The minimum absolute atomic E-state index is 0.209. The van der Waals surface area contributed by atoms with Gasteiger partial charge in [-0.3, -0.25) is 14.3 Å². The summed E-state index contributed by atoms with van der Waals surface area (Å²) in [7, 11) is 0. The molecule has 0 radical (unpaired) electrons. The van der Waals surface area contributed by atoms with Crippen molar-refractivity contribution in [2.75, 3.05) is 25.1 Å². The van der Waals surface area contributed by atoms with Gasteiger partial charge in [-0.05, 0) is 32.4 Å². The molecule has 0 spiro atoms. The predicted octanol–water partition coefficient (Wildman–Crippen LogP) is 4.07. The first kappa shape index (κ1) is 23.3. The fourth-order valence-electron chi connectivity index (χ4n) is 4.05. The summed E-state index contributed by atoms with van der Waals surface area (Å²) in [6.45, 7) is 5.89. The van der Waals surface area contributed by atoms with Crippen molar-refractivity contribution in [1.29, 1.82) is 0 Å². The van der Waals surface area contributed by atoms with Crippen LogP contribution in [0.5, 0.6) is 0 Å². The summed E-state index contributed by atoms with van der Waals surface area (Å²) in [5.74, 6) is 0.452. The highest BCUT2D eigenvalue weighted by molar-refractivity contribution is 6.33. The molecular weight excluding hydrogens is 468 g/mol. The quantitative estimate of drug-likeness (QED) is 0.429. The van der Waals surface area contributed by atoms with Crippen LogP contribution in [0.15, 0.2) is 47.7 Å². The van der Waals surface area contributed by atoms with Gasteiger partial charge in [0.05, 0.1) is 37.3 Å². The summed E-state index contributed by atoms with van der Waals surface area (Å²) in [6.07, 6.45) is 5.37. The zero-order valence-electron chi connectivity index (χ0n) is 19.5. The topological polar surface area (TPSA) is 104 Å². The van der Waals surface area contributed by atoms with Gasteiger partial charge in [-0.1, -0.05) is 23.7 Å². The third-order valence-electron chi connectivity index (χ3n) is 5.70. The Labute approximate surface area is 207 Å². The largest absolute Gasteiger partial charge is 0.354 e. The van der Waals surface area contributed by atoms with Crippen LogP contribution in [-0.2, 0) is 16.0 Å². The molecule has 5 rings (SSSR count). The van der Waals surface area contributed by atoms with E-state index in [-0.39, 0.29) is 12.1 Å². The molecule has 1 aromatic carbocycles. The van der Waals surface area contributed by atoms with Crippen molar-refractivity contribution in [2.24, 2.45) is 0 Å². The number of rotatable bonds is 6. The van der Waals surface area contributed by atoms with Crippen LogP contribution in [0, 0.1) is 6.92 Å². The third kappa shape index (κ3) is 4.88. The van der Waals surface area contributed by atoms with Crippen molar-refractivity contribution in [3.63, 3.8) is 0 Å². The molecule has 1 aliphatic heterocycles. The summed E-state index contributed by atoms with van der Waals surface area (Å²) in [4.78, 5) is 31.5. The highest BCUT2D eigenvalue weighted by Crippen LogP contribution is 2.31. The average Bonchev–Trinajstić information content (AvgIpc) is 2.87. The number of fused-ring (bicyclic) bond motifs is 1. The third-order valence-corrected chi connectivity index (χ3v) is 6.01. The van der Waals surface area contributed by atoms with Crippen molar-refractivity contribution in [3.05, 3.63) is 63.9 Å². The molecule has 180 valence electrons. The standard InChI is InChI=1S/C25H25ClN6O3/c1-3-28-25-29-12-17-9-19(24(33)32(23(17)31-25)14-22-34-7-4-8-35-22)18-6-5-16(10-20(18)26)21-13-27-11-15(2)30-21/h5-6,9-13,22H,3-4,7-8,14H2,1-2H3,(H,28,29,31). The minimum atomic E-state index is -0.532. The van der Waals surface area contributed by atoms with Gasteiger partial charge in [0.2, 0.25) is 5.95 Å². The Hall–Kier alpha value is -3.40. The Morgan fingerprint density at radius 1 is 1.11 bits per heavy atom. The number of benzene rings is 1. The van der Waals surface area contributed by atoms with E-state index in [0.29, 0.717) is 58.6 Å². The van der Waals surface area contributed by atoms with Crippen LogP contribution in [0.3, 0.4) is 0 Å². The van der Waals surface area contributed by atoms with Gasteiger partial charge in [0.1, 0.15) is 5.65 Å². The number of nitrogens with zero attached hydrogens (tertiary/aromatic N) is 5. The first-order valence-electron chi connectivity index (χ1n) is 11.5. The Balaban J connectivity index is 1.62. The van der Waals surface area contributed by atoms with Crippen LogP contribution >= 0.6 is 11.6 Å².